The number of benzene rings is 1. The zero-order valence-electron chi connectivity index (χ0n) is 17.6. The molecule has 4 heterocycles. The first-order chi connectivity index (χ1) is 15.7. The smallest absolute Gasteiger partial charge is 0.241 e. The number of nitrogens with zero attached hydrogens (tertiary/aromatic N) is 5. The maximum absolute atomic E-state index is 12.6. The van der Waals surface area contributed by atoms with Gasteiger partial charge < -0.3 is 14.4 Å². The van der Waals surface area contributed by atoms with Crippen molar-refractivity contribution in [1.82, 2.24) is 29.9 Å². The Kier molecular flexibility index (Phi) is 6.09. The fourth-order valence-electron chi connectivity index (χ4n) is 3.90. The highest BCUT2D eigenvalue weighted by atomic mass is 32.1. The summed E-state index contributed by atoms with van der Waals surface area (Å²) in [6.07, 6.45) is 7.09. The lowest BCUT2D eigenvalue weighted by molar-refractivity contribution is -0.126. The van der Waals surface area contributed by atoms with Gasteiger partial charge in [-0.3, -0.25) is 9.69 Å². The highest BCUT2D eigenvalue weighted by molar-refractivity contribution is 7.13. The van der Waals surface area contributed by atoms with E-state index < -0.39 is 0 Å². The van der Waals surface area contributed by atoms with Gasteiger partial charge in [-0.05, 0) is 55.1 Å². The third-order valence-electron chi connectivity index (χ3n) is 5.73. The lowest BCUT2D eigenvalue weighted by atomic mass is 9.96. The molecule has 0 radical (unpaired) electrons. The van der Waals surface area contributed by atoms with Crippen LogP contribution < -0.4 is 5.32 Å². The summed E-state index contributed by atoms with van der Waals surface area (Å²) in [6, 6.07) is 12.1. The Labute approximate surface area is 189 Å². The Morgan fingerprint density at radius 2 is 2.03 bits per heavy atom. The molecule has 0 atom stereocenters. The molecule has 9 heteroatoms. The van der Waals surface area contributed by atoms with E-state index in [2.05, 4.69) is 25.3 Å². The second-order valence-corrected chi connectivity index (χ2v) is 8.84. The van der Waals surface area contributed by atoms with Gasteiger partial charge >= 0.3 is 0 Å². The number of carbonyl (C=O) groups is 1. The Balaban J connectivity index is 1.07. The van der Waals surface area contributed by atoms with E-state index in [1.165, 1.54) is 0 Å². The summed E-state index contributed by atoms with van der Waals surface area (Å²) in [6.45, 7) is 2.84. The lowest BCUT2D eigenvalue weighted by Crippen LogP contribution is -2.40. The molecule has 1 aromatic carbocycles. The van der Waals surface area contributed by atoms with Gasteiger partial charge in [0.2, 0.25) is 17.6 Å². The van der Waals surface area contributed by atoms with E-state index in [1.54, 1.807) is 23.9 Å². The minimum Gasteiger partial charge on any atom is -0.352 e. The van der Waals surface area contributed by atoms with Crippen molar-refractivity contribution in [2.24, 2.45) is 5.92 Å². The summed E-state index contributed by atoms with van der Waals surface area (Å²) in [7, 11) is 0. The average Bonchev–Trinajstić information content (AvgIpc) is 3.61. The Bertz CT molecular complexity index is 1130. The van der Waals surface area contributed by atoms with E-state index in [9.17, 15) is 4.79 Å². The van der Waals surface area contributed by atoms with Crippen LogP contribution >= 0.6 is 11.3 Å². The largest absolute Gasteiger partial charge is 0.352 e. The molecule has 8 nitrogen and oxygen atoms in total. The molecule has 1 saturated heterocycles. The van der Waals surface area contributed by atoms with E-state index in [4.69, 9.17) is 4.52 Å². The Morgan fingerprint density at radius 1 is 1.19 bits per heavy atom. The minimum atomic E-state index is 0.0424. The van der Waals surface area contributed by atoms with Crippen LogP contribution in [-0.2, 0) is 17.9 Å². The molecule has 32 heavy (non-hydrogen) atoms. The molecule has 164 valence electrons. The van der Waals surface area contributed by atoms with Gasteiger partial charge in [0, 0.05) is 30.5 Å². The summed E-state index contributed by atoms with van der Waals surface area (Å²) in [5, 5.41) is 9.16. The summed E-state index contributed by atoms with van der Waals surface area (Å²) >= 11 is 1.60. The molecule has 1 N–H and O–H groups in total. The van der Waals surface area contributed by atoms with Crippen LogP contribution in [0.3, 0.4) is 0 Å². The van der Waals surface area contributed by atoms with E-state index >= 15 is 0 Å². The van der Waals surface area contributed by atoms with Crippen molar-refractivity contribution in [1.29, 1.82) is 0 Å². The van der Waals surface area contributed by atoms with Crippen LogP contribution in [0.4, 0.5) is 0 Å². The number of amides is 1. The SMILES string of the molecule is O=C(NCc1ccc(-n2ccnc2)cc1)C1CCN(Cc2nc(-c3cccs3)no2)CC1. The van der Waals surface area contributed by atoms with Crippen molar-refractivity contribution in [2.45, 2.75) is 25.9 Å². The number of imidazole rings is 1. The van der Waals surface area contributed by atoms with Gasteiger partial charge in [0.25, 0.3) is 0 Å². The van der Waals surface area contributed by atoms with Crippen molar-refractivity contribution >= 4 is 17.2 Å². The van der Waals surface area contributed by atoms with Gasteiger partial charge in [-0.2, -0.15) is 4.98 Å². The van der Waals surface area contributed by atoms with Crippen molar-refractivity contribution in [3.8, 4) is 16.4 Å². The number of likely N-dealkylation sites (tertiary alicyclic amines) is 1. The van der Waals surface area contributed by atoms with Crippen LogP contribution in [0, 0.1) is 5.92 Å². The molecule has 1 amide bonds. The van der Waals surface area contributed by atoms with Crippen LogP contribution in [0.5, 0.6) is 0 Å². The second kappa shape index (κ2) is 9.46. The van der Waals surface area contributed by atoms with Crippen LogP contribution in [0.15, 0.2) is 65.0 Å². The Hall–Kier alpha value is -3.30. The maximum atomic E-state index is 12.6. The zero-order valence-corrected chi connectivity index (χ0v) is 18.4. The molecular formula is C23H24N6O2S. The highest BCUT2D eigenvalue weighted by Gasteiger charge is 2.26. The van der Waals surface area contributed by atoms with Crippen LogP contribution in [0.2, 0.25) is 0 Å². The maximum Gasteiger partial charge on any atom is 0.241 e. The van der Waals surface area contributed by atoms with E-state index in [0.717, 1.165) is 42.1 Å². The van der Waals surface area contributed by atoms with Crippen molar-refractivity contribution in [3.05, 3.63) is 72.0 Å². The standard InChI is InChI=1S/C23H24N6O2S/c30-23(25-14-17-3-5-19(6-4-17)29-12-9-24-16-29)18-7-10-28(11-8-18)15-21-26-22(27-31-21)20-2-1-13-32-20/h1-6,9,12-13,16,18H,7-8,10-11,14-15H2,(H,25,30). The molecular weight excluding hydrogens is 424 g/mol. The molecule has 5 rings (SSSR count). The Morgan fingerprint density at radius 3 is 2.75 bits per heavy atom. The molecule has 0 saturated carbocycles. The second-order valence-electron chi connectivity index (χ2n) is 7.89. The first kappa shape index (κ1) is 20.6. The van der Waals surface area contributed by atoms with E-state index in [0.29, 0.717) is 24.8 Å². The normalized spacial score (nSPS) is 15.1. The number of hydrogen-bond donors (Lipinski definition) is 1. The van der Waals surface area contributed by atoms with Crippen LogP contribution in [0.1, 0.15) is 24.3 Å². The third kappa shape index (κ3) is 4.79. The van der Waals surface area contributed by atoms with E-state index in [-0.39, 0.29) is 11.8 Å². The molecule has 3 aromatic heterocycles. The first-order valence-electron chi connectivity index (χ1n) is 10.7. The topological polar surface area (TPSA) is 89.1 Å². The third-order valence-corrected chi connectivity index (χ3v) is 6.60. The molecule has 0 unspecified atom stereocenters. The van der Waals surface area contributed by atoms with Crippen molar-refractivity contribution in [3.63, 3.8) is 0 Å². The minimum absolute atomic E-state index is 0.0424. The van der Waals surface area contributed by atoms with Gasteiger partial charge in [0.15, 0.2) is 0 Å². The fraction of sp³-hybridized carbons (Fsp3) is 0.304. The van der Waals surface area contributed by atoms with Gasteiger partial charge in [-0.15, -0.1) is 11.3 Å². The van der Waals surface area contributed by atoms with Gasteiger partial charge in [-0.1, -0.05) is 23.4 Å². The zero-order chi connectivity index (χ0) is 21.8. The van der Waals surface area contributed by atoms with Crippen LogP contribution in [0.25, 0.3) is 16.4 Å². The molecule has 0 spiro atoms. The summed E-state index contributed by atoms with van der Waals surface area (Å²) < 4.78 is 7.36. The van der Waals surface area contributed by atoms with Gasteiger partial charge in [-0.25, -0.2) is 4.98 Å². The number of thiophene rings is 1. The number of rotatable bonds is 7. The molecule has 0 bridgehead atoms. The number of hydrogen-bond acceptors (Lipinski definition) is 7. The fourth-order valence-corrected chi connectivity index (χ4v) is 4.55. The predicted octanol–water partition coefficient (Wildman–Crippen LogP) is 3.51. The number of nitrogens with one attached hydrogen (secondary N) is 1. The summed E-state index contributed by atoms with van der Waals surface area (Å²) in [5.41, 5.74) is 2.13. The quantitative estimate of drug-likeness (QED) is 0.465. The van der Waals surface area contributed by atoms with Crippen molar-refractivity contribution in [2.75, 3.05) is 13.1 Å². The number of carbonyl (C=O) groups excluding carboxylic acids is 1. The monoisotopic (exact) mass is 448 g/mol. The van der Waals surface area contributed by atoms with Gasteiger partial charge in [0.1, 0.15) is 0 Å². The molecule has 1 aliphatic heterocycles. The molecule has 0 aliphatic carbocycles. The molecule has 1 aliphatic rings. The van der Waals surface area contributed by atoms with E-state index in [1.807, 2.05) is 52.5 Å². The first-order valence-corrected chi connectivity index (χ1v) is 11.6. The molecule has 4 aromatic rings. The average molecular weight is 449 g/mol. The lowest BCUT2D eigenvalue weighted by Gasteiger charge is -2.30. The highest BCUT2D eigenvalue weighted by Crippen LogP contribution is 2.23. The number of aromatic nitrogens is 4. The molecule has 1 fully saturated rings. The number of piperidine rings is 1. The summed E-state index contributed by atoms with van der Waals surface area (Å²) in [5.74, 6) is 1.43. The van der Waals surface area contributed by atoms with Gasteiger partial charge in [0.05, 0.1) is 17.7 Å². The van der Waals surface area contributed by atoms with Crippen molar-refractivity contribution < 1.29 is 9.32 Å². The summed E-state index contributed by atoms with van der Waals surface area (Å²) in [4.78, 5) is 24.5. The predicted molar refractivity (Wildman–Crippen MR) is 121 cm³/mol. The van der Waals surface area contributed by atoms with Crippen LogP contribution in [-0.4, -0.2) is 43.6 Å².